The van der Waals surface area contributed by atoms with Crippen LogP contribution in [0.2, 0.25) is 5.02 Å². The van der Waals surface area contributed by atoms with Crippen LogP contribution in [-0.4, -0.2) is 23.8 Å². The average molecular weight is 400 g/mol. The standard InChI is InChI=1S/C20H18ClN3O4/c1-11-18(20(25)28-3)19(23-12(2)22-11)14-7-8-16(17(10-14)24(26)27)13-5-4-6-15(21)9-13/h4-10,19H,1-3H3,(H,22,23). The van der Waals surface area contributed by atoms with Crippen molar-refractivity contribution in [1.82, 2.24) is 5.32 Å². The van der Waals surface area contributed by atoms with Gasteiger partial charge in [0.25, 0.3) is 5.69 Å². The smallest absolute Gasteiger partial charge is 0.338 e. The molecule has 0 amide bonds. The number of allylic oxidation sites excluding steroid dienone is 1. The molecule has 144 valence electrons. The Balaban J connectivity index is 2.15. The van der Waals surface area contributed by atoms with Crippen molar-refractivity contribution < 1.29 is 14.5 Å². The number of nitro benzene ring substituents is 1. The Bertz CT molecular complexity index is 1030. The van der Waals surface area contributed by atoms with Gasteiger partial charge in [0.2, 0.25) is 0 Å². The first-order valence-corrected chi connectivity index (χ1v) is 8.84. The Morgan fingerprint density at radius 1 is 1.25 bits per heavy atom. The minimum Gasteiger partial charge on any atom is -0.466 e. The van der Waals surface area contributed by atoms with Crippen molar-refractivity contribution in [2.45, 2.75) is 19.9 Å². The zero-order valence-corrected chi connectivity index (χ0v) is 16.3. The number of nitro groups is 1. The lowest BCUT2D eigenvalue weighted by molar-refractivity contribution is -0.384. The third kappa shape index (κ3) is 3.75. The second-order valence-electron chi connectivity index (χ2n) is 6.32. The Labute approximate surface area is 166 Å². The predicted molar refractivity (Wildman–Crippen MR) is 107 cm³/mol. The van der Waals surface area contributed by atoms with Gasteiger partial charge in [0.1, 0.15) is 6.04 Å². The highest BCUT2D eigenvalue weighted by Crippen LogP contribution is 2.37. The number of carbonyl (C=O) groups excluding carboxylic acids is 1. The van der Waals surface area contributed by atoms with Crippen LogP contribution in [0.4, 0.5) is 5.69 Å². The summed E-state index contributed by atoms with van der Waals surface area (Å²) in [5.74, 6) is 0.0737. The van der Waals surface area contributed by atoms with Crippen molar-refractivity contribution in [2.75, 3.05) is 7.11 Å². The van der Waals surface area contributed by atoms with Gasteiger partial charge in [-0.15, -0.1) is 0 Å². The number of halogens is 1. The SMILES string of the molecule is COC(=O)C1=C(C)NC(C)=NC1c1ccc(-c2cccc(Cl)c2)c([N+](=O)[O-])c1. The van der Waals surface area contributed by atoms with Gasteiger partial charge in [0.15, 0.2) is 0 Å². The predicted octanol–water partition coefficient (Wildman–Crippen LogP) is 4.42. The number of esters is 1. The molecule has 1 unspecified atom stereocenters. The molecule has 0 aliphatic carbocycles. The third-order valence-corrected chi connectivity index (χ3v) is 4.68. The molecule has 0 fully saturated rings. The lowest BCUT2D eigenvalue weighted by Crippen LogP contribution is -2.30. The van der Waals surface area contributed by atoms with Crippen LogP contribution in [0.25, 0.3) is 11.1 Å². The van der Waals surface area contributed by atoms with Crippen LogP contribution in [0.1, 0.15) is 25.5 Å². The van der Waals surface area contributed by atoms with Crippen LogP contribution in [0.15, 0.2) is 58.7 Å². The van der Waals surface area contributed by atoms with E-state index in [2.05, 4.69) is 10.3 Å². The summed E-state index contributed by atoms with van der Waals surface area (Å²) in [6, 6.07) is 11.0. The van der Waals surface area contributed by atoms with E-state index < -0.39 is 16.9 Å². The topological polar surface area (TPSA) is 93.8 Å². The number of hydrogen-bond acceptors (Lipinski definition) is 6. The van der Waals surface area contributed by atoms with Gasteiger partial charge in [-0.2, -0.15) is 0 Å². The van der Waals surface area contributed by atoms with Gasteiger partial charge < -0.3 is 10.1 Å². The van der Waals surface area contributed by atoms with Crippen molar-refractivity contribution in [3.8, 4) is 11.1 Å². The highest BCUT2D eigenvalue weighted by atomic mass is 35.5. The summed E-state index contributed by atoms with van der Waals surface area (Å²) in [6.07, 6.45) is 0. The molecule has 0 radical (unpaired) electrons. The minimum atomic E-state index is -0.694. The number of aliphatic imine (C=N–C) groups is 1. The van der Waals surface area contributed by atoms with E-state index in [0.29, 0.717) is 38.8 Å². The molecule has 0 bridgehead atoms. The molecule has 8 heteroatoms. The van der Waals surface area contributed by atoms with Crippen molar-refractivity contribution in [3.63, 3.8) is 0 Å². The summed E-state index contributed by atoms with van der Waals surface area (Å²) < 4.78 is 4.88. The van der Waals surface area contributed by atoms with E-state index in [9.17, 15) is 14.9 Å². The molecule has 7 nitrogen and oxygen atoms in total. The molecule has 0 spiro atoms. The average Bonchev–Trinajstić information content (AvgIpc) is 2.66. The fraction of sp³-hybridized carbons (Fsp3) is 0.200. The van der Waals surface area contributed by atoms with Crippen LogP contribution >= 0.6 is 11.6 Å². The first kappa shape index (κ1) is 19.6. The molecule has 1 atom stereocenters. The summed E-state index contributed by atoms with van der Waals surface area (Å²) >= 11 is 6.03. The lowest BCUT2D eigenvalue weighted by atomic mass is 9.93. The van der Waals surface area contributed by atoms with Gasteiger partial charge in [0, 0.05) is 16.8 Å². The largest absolute Gasteiger partial charge is 0.466 e. The molecule has 1 N–H and O–H groups in total. The van der Waals surface area contributed by atoms with Crippen molar-refractivity contribution in [2.24, 2.45) is 4.99 Å². The number of carbonyl (C=O) groups is 1. The molecular formula is C20H18ClN3O4. The van der Waals surface area contributed by atoms with E-state index >= 15 is 0 Å². The Hall–Kier alpha value is -3.19. The van der Waals surface area contributed by atoms with Crippen molar-refractivity contribution in [1.29, 1.82) is 0 Å². The van der Waals surface area contributed by atoms with Crippen molar-refractivity contribution >= 4 is 29.1 Å². The Kier molecular flexibility index (Phi) is 5.46. The highest BCUT2D eigenvalue weighted by molar-refractivity contribution is 6.30. The van der Waals surface area contributed by atoms with Gasteiger partial charge in [0.05, 0.1) is 29.0 Å². The van der Waals surface area contributed by atoms with Gasteiger partial charge in [-0.05, 0) is 43.2 Å². The number of hydrogen-bond donors (Lipinski definition) is 1. The molecule has 2 aromatic carbocycles. The van der Waals surface area contributed by atoms with Gasteiger partial charge >= 0.3 is 5.97 Å². The number of methoxy groups -OCH3 is 1. The zero-order valence-electron chi connectivity index (χ0n) is 15.5. The second kappa shape index (κ2) is 7.82. The van der Waals surface area contributed by atoms with Crippen LogP contribution in [-0.2, 0) is 9.53 Å². The molecule has 2 aromatic rings. The Morgan fingerprint density at radius 3 is 2.64 bits per heavy atom. The highest BCUT2D eigenvalue weighted by Gasteiger charge is 2.30. The molecule has 0 aromatic heterocycles. The molecule has 1 heterocycles. The second-order valence-corrected chi connectivity index (χ2v) is 6.75. The van der Waals surface area contributed by atoms with Crippen LogP contribution in [0.3, 0.4) is 0 Å². The van der Waals surface area contributed by atoms with E-state index in [1.807, 2.05) is 0 Å². The lowest BCUT2D eigenvalue weighted by Gasteiger charge is -2.24. The maximum Gasteiger partial charge on any atom is 0.338 e. The molecule has 28 heavy (non-hydrogen) atoms. The van der Waals surface area contributed by atoms with Gasteiger partial charge in [-0.1, -0.05) is 29.8 Å². The maximum absolute atomic E-state index is 12.3. The molecular weight excluding hydrogens is 382 g/mol. The fourth-order valence-electron chi connectivity index (χ4n) is 3.22. The summed E-state index contributed by atoms with van der Waals surface area (Å²) in [6.45, 7) is 3.51. The summed E-state index contributed by atoms with van der Waals surface area (Å²) in [7, 11) is 1.29. The molecule has 1 aliphatic heterocycles. The Morgan fingerprint density at radius 2 is 2.00 bits per heavy atom. The number of amidine groups is 1. The van der Waals surface area contributed by atoms with Crippen molar-refractivity contribution in [3.05, 3.63) is 74.4 Å². The summed E-state index contributed by atoms with van der Waals surface area (Å²) in [5, 5.41) is 15.2. The monoisotopic (exact) mass is 399 g/mol. The van der Waals surface area contributed by atoms with Gasteiger partial charge in [-0.3, -0.25) is 15.1 Å². The minimum absolute atomic E-state index is 0.0898. The molecule has 1 aliphatic rings. The quantitative estimate of drug-likeness (QED) is 0.466. The first-order chi connectivity index (χ1) is 13.3. The zero-order chi connectivity index (χ0) is 20.4. The third-order valence-electron chi connectivity index (χ3n) is 4.44. The van der Waals surface area contributed by atoms with Crippen LogP contribution < -0.4 is 5.32 Å². The summed E-state index contributed by atoms with van der Waals surface area (Å²) in [4.78, 5) is 28.0. The number of rotatable bonds is 4. The molecule has 3 rings (SSSR count). The molecule has 0 saturated heterocycles. The number of ether oxygens (including phenoxy) is 1. The van der Waals surface area contributed by atoms with Crippen LogP contribution in [0.5, 0.6) is 0 Å². The summed E-state index contributed by atoms with van der Waals surface area (Å²) in [5.41, 5.74) is 2.43. The first-order valence-electron chi connectivity index (χ1n) is 8.46. The van der Waals surface area contributed by atoms with E-state index in [-0.39, 0.29) is 5.69 Å². The molecule has 0 saturated carbocycles. The normalized spacial score (nSPS) is 16.3. The van der Waals surface area contributed by atoms with E-state index in [4.69, 9.17) is 16.3 Å². The number of nitrogens with one attached hydrogen (secondary N) is 1. The van der Waals surface area contributed by atoms with E-state index in [1.54, 1.807) is 50.2 Å². The fourth-order valence-corrected chi connectivity index (χ4v) is 3.41. The van der Waals surface area contributed by atoms with E-state index in [1.165, 1.54) is 13.2 Å². The van der Waals surface area contributed by atoms with E-state index in [0.717, 1.165) is 0 Å². The number of benzene rings is 2. The van der Waals surface area contributed by atoms with Gasteiger partial charge in [-0.25, -0.2) is 4.79 Å². The van der Waals surface area contributed by atoms with Crippen LogP contribution in [0, 0.1) is 10.1 Å². The maximum atomic E-state index is 12.3. The number of nitrogens with zero attached hydrogens (tertiary/aromatic N) is 2.